The van der Waals surface area contributed by atoms with E-state index >= 15 is 0 Å². The fourth-order valence-corrected chi connectivity index (χ4v) is 1.84. The highest BCUT2D eigenvalue weighted by Crippen LogP contribution is 2.18. The van der Waals surface area contributed by atoms with Crippen LogP contribution in [0.15, 0.2) is 45.6 Å². The predicted octanol–water partition coefficient (Wildman–Crippen LogP) is 2.47. The summed E-state index contributed by atoms with van der Waals surface area (Å²) in [6, 6.07) is 9.80. The van der Waals surface area contributed by atoms with E-state index in [0.29, 0.717) is 6.54 Å². The molecule has 0 atom stereocenters. The summed E-state index contributed by atoms with van der Waals surface area (Å²) in [6.07, 6.45) is 2.19. The molecule has 0 saturated heterocycles. The van der Waals surface area contributed by atoms with Crippen molar-refractivity contribution >= 4 is 11.1 Å². The average Bonchev–Trinajstić information content (AvgIpc) is 2.96. The number of nitrogens with two attached hydrogens (primary N) is 1. The van der Waals surface area contributed by atoms with Crippen molar-refractivity contribution in [2.45, 2.75) is 13.0 Å². The Bertz CT molecular complexity index is 639. The number of benzene rings is 1. The number of nitrogens with zero attached hydrogens (tertiary/aromatic N) is 1. The molecule has 4 nitrogen and oxygen atoms in total. The van der Waals surface area contributed by atoms with Crippen LogP contribution in [0.2, 0.25) is 0 Å². The molecule has 3 aromatic rings. The van der Waals surface area contributed by atoms with E-state index < -0.39 is 0 Å². The highest BCUT2D eigenvalue weighted by Gasteiger charge is 2.04. The molecule has 0 aliphatic heterocycles. The van der Waals surface area contributed by atoms with E-state index in [-0.39, 0.29) is 0 Å². The van der Waals surface area contributed by atoms with Gasteiger partial charge in [-0.15, -0.1) is 0 Å². The summed E-state index contributed by atoms with van der Waals surface area (Å²) in [5.74, 6) is 1.71. The molecular weight excluding hydrogens is 216 g/mol. The second-order valence-corrected chi connectivity index (χ2v) is 3.90. The summed E-state index contributed by atoms with van der Waals surface area (Å²) >= 11 is 0. The van der Waals surface area contributed by atoms with Gasteiger partial charge in [-0.2, -0.15) is 0 Å². The van der Waals surface area contributed by atoms with Gasteiger partial charge in [0, 0.05) is 6.42 Å². The van der Waals surface area contributed by atoms with Crippen LogP contribution in [0.1, 0.15) is 17.1 Å². The molecule has 0 amide bonds. The molecule has 0 spiro atoms. The van der Waals surface area contributed by atoms with Crippen molar-refractivity contribution < 1.29 is 8.83 Å². The first-order valence-corrected chi connectivity index (χ1v) is 5.45. The molecule has 3 rings (SSSR count). The van der Waals surface area contributed by atoms with Crippen molar-refractivity contribution in [3.05, 3.63) is 53.8 Å². The minimum absolute atomic E-state index is 0.432. The van der Waals surface area contributed by atoms with E-state index in [4.69, 9.17) is 14.6 Å². The first kappa shape index (κ1) is 10.1. The fraction of sp³-hybridized carbons (Fsp3) is 0.154. The Balaban J connectivity index is 1.88. The summed E-state index contributed by atoms with van der Waals surface area (Å²) in [5.41, 5.74) is 8.30. The Kier molecular flexibility index (Phi) is 2.42. The summed E-state index contributed by atoms with van der Waals surface area (Å²) in [6.45, 7) is 0.432. The molecule has 0 aliphatic rings. The molecule has 2 N–H and O–H groups in total. The number of aromatic nitrogens is 1. The minimum atomic E-state index is 0.432. The standard InChI is InChI=1S/C13H12N2O2/c14-7-11-3-2-10(17-11)5-9-1-4-12-13(6-9)16-8-15-12/h1-4,6,8H,5,7,14H2. The molecule has 0 unspecified atom stereocenters. The van der Waals surface area contributed by atoms with E-state index in [1.807, 2.05) is 30.3 Å². The zero-order chi connectivity index (χ0) is 11.7. The lowest BCUT2D eigenvalue weighted by Gasteiger charge is -1.98. The molecule has 1 aromatic carbocycles. The number of furan rings is 1. The van der Waals surface area contributed by atoms with Gasteiger partial charge in [0.15, 0.2) is 12.0 Å². The van der Waals surface area contributed by atoms with Crippen molar-refractivity contribution in [3.63, 3.8) is 0 Å². The molecule has 86 valence electrons. The Morgan fingerprint density at radius 3 is 2.82 bits per heavy atom. The summed E-state index contributed by atoms with van der Waals surface area (Å²) in [4.78, 5) is 4.08. The lowest BCUT2D eigenvalue weighted by Crippen LogP contribution is -1.93. The second-order valence-electron chi connectivity index (χ2n) is 3.90. The fourth-order valence-electron chi connectivity index (χ4n) is 1.84. The Morgan fingerprint density at radius 2 is 2.00 bits per heavy atom. The van der Waals surface area contributed by atoms with Crippen LogP contribution < -0.4 is 5.73 Å². The molecule has 0 fully saturated rings. The van der Waals surface area contributed by atoms with Gasteiger partial charge in [0.2, 0.25) is 0 Å². The lowest BCUT2D eigenvalue weighted by atomic mass is 10.1. The topological polar surface area (TPSA) is 65.2 Å². The zero-order valence-corrected chi connectivity index (χ0v) is 9.22. The van der Waals surface area contributed by atoms with Crippen molar-refractivity contribution in [1.29, 1.82) is 0 Å². The highest BCUT2D eigenvalue weighted by atomic mass is 16.3. The van der Waals surface area contributed by atoms with Gasteiger partial charge in [-0.25, -0.2) is 4.98 Å². The predicted molar refractivity (Wildman–Crippen MR) is 63.4 cm³/mol. The first-order valence-electron chi connectivity index (χ1n) is 5.45. The van der Waals surface area contributed by atoms with Crippen LogP contribution in [0.4, 0.5) is 0 Å². The molecule has 2 heterocycles. The third-order valence-corrected chi connectivity index (χ3v) is 2.69. The van der Waals surface area contributed by atoms with E-state index in [1.54, 1.807) is 0 Å². The third kappa shape index (κ3) is 1.94. The van der Waals surface area contributed by atoms with Gasteiger partial charge in [0.25, 0.3) is 0 Å². The van der Waals surface area contributed by atoms with E-state index in [1.165, 1.54) is 6.39 Å². The first-order chi connectivity index (χ1) is 8.35. The Morgan fingerprint density at radius 1 is 1.12 bits per heavy atom. The van der Waals surface area contributed by atoms with Crippen LogP contribution in [0.3, 0.4) is 0 Å². The lowest BCUT2D eigenvalue weighted by molar-refractivity contribution is 0.475. The Hall–Kier alpha value is -2.07. The number of hydrogen-bond donors (Lipinski definition) is 1. The minimum Gasteiger partial charge on any atom is -0.464 e. The van der Waals surface area contributed by atoms with Gasteiger partial charge in [-0.1, -0.05) is 6.07 Å². The van der Waals surface area contributed by atoms with Crippen LogP contribution >= 0.6 is 0 Å². The summed E-state index contributed by atoms with van der Waals surface area (Å²) in [7, 11) is 0. The van der Waals surface area contributed by atoms with Crippen molar-refractivity contribution in [3.8, 4) is 0 Å². The van der Waals surface area contributed by atoms with Gasteiger partial charge < -0.3 is 14.6 Å². The van der Waals surface area contributed by atoms with Crippen LogP contribution in [-0.2, 0) is 13.0 Å². The smallest absolute Gasteiger partial charge is 0.181 e. The highest BCUT2D eigenvalue weighted by molar-refractivity contribution is 5.72. The third-order valence-electron chi connectivity index (χ3n) is 2.69. The quantitative estimate of drug-likeness (QED) is 0.747. The molecule has 4 heteroatoms. The summed E-state index contributed by atoms with van der Waals surface area (Å²) < 4.78 is 10.8. The molecule has 0 aliphatic carbocycles. The molecule has 0 radical (unpaired) electrons. The van der Waals surface area contributed by atoms with E-state index in [2.05, 4.69) is 4.98 Å². The monoisotopic (exact) mass is 228 g/mol. The van der Waals surface area contributed by atoms with Crippen LogP contribution in [0.5, 0.6) is 0 Å². The molecule has 0 saturated carbocycles. The van der Waals surface area contributed by atoms with Crippen molar-refractivity contribution in [2.75, 3.05) is 0 Å². The largest absolute Gasteiger partial charge is 0.464 e. The number of fused-ring (bicyclic) bond motifs is 1. The Labute approximate surface area is 98.0 Å². The maximum Gasteiger partial charge on any atom is 0.181 e. The van der Waals surface area contributed by atoms with Gasteiger partial charge >= 0.3 is 0 Å². The molecule has 17 heavy (non-hydrogen) atoms. The number of hydrogen-bond acceptors (Lipinski definition) is 4. The normalized spacial score (nSPS) is 11.1. The van der Waals surface area contributed by atoms with Crippen molar-refractivity contribution in [2.24, 2.45) is 5.73 Å². The maximum atomic E-state index is 5.56. The van der Waals surface area contributed by atoms with Gasteiger partial charge in [-0.05, 0) is 29.8 Å². The number of oxazole rings is 1. The number of rotatable bonds is 3. The molecule has 2 aromatic heterocycles. The van der Waals surface area contributed by atoms with Crippen molar-refractivity contribution in [1.82, 2.24) is 4.98 Å². The van der Waals surface area contributed by atoms with Gasteiger partial charge in [0.05, 0.1) is 6.54 Å². The van der Waals surface area contributed by atoms with E-state index in [9.17, 15) is 0 Å². The zero-order valence-electron chi connectivity index (χ0n) is 9.22. The maximum absolute atomic E-state index is 5.56. The second kappa shape index (κ2) is 4.07. The van der Waals surface area contributed by atoms with Gasteiger partial charge in [-0.3, -0.25) is 0 Å². The average molecular weight is 228 g/mol. The summed E-state index contributed by atoms with van der Waals surface area (Å²) in [5, 5.41) is 0. The van der Waals surface area contributed by atoms with Crippen LogP contribution in [0, 0.1) is 0 Å². The SMILES string of the molecule is NCc1ccc(Cc2ccc3ncoc3c2)o1. The van der Waals surface area contributed by atoms with Crippen LogP contribution in [0.25, 0.3) is 11.1 Å². The molecular formula is C13H12N2O2. The van der Waals surface area contributed by atoms with E-state index in [0.717, 1.165) is 34.6 Å². The molecule has 0 bridgehead atoms. The van der Waals surface area contributed by atoms with Crippen LogP contribution in [-0.4, -0.2) is 4.98 Å². The van der Waals surface area contributed by atoms with Gasteiger partial charge in [0.1, 0.15) is 17.0 Å².